The Morgan fingerprint density at radius 1 is 1.15 bits per heavy atom. The standard InChI is InChI=1S/C26H34N4O4/c1-19(20(2)27)26(29-21-5-7-22(32-3)8-6-21)24-10-9-23(17-25(24)28-18-31)34-14-4-11-30-12-15-33-16-13-30/h5-10,17-18H,4,11-16,27H2,1-3H3,(H,28,31)/b20-19+,29-26?. The monoisotopic (exact) mass is 466 g/mol. The molecule has 1 heterocycles. The molecule has 0 spiro atoms. The molecule has 3 N–H and O–H groups in total. The van der Waals surface area contributed by atoms with Gasteiger partial charge in [0.25, 0.3) is 0 Å². The van der Waals surface area contributed by atoms with Crippen LogP contribution in [0.1, 0.15) is 25.8 Å². The van der Waals surface area contributed by atoms with Gasteiger partial charge < -0.3 is 25.3 Å². The zero-order valence-electron chi connectivity index (χ0n) is 20.2. The van der Waals surface area contributed by atoms with Crippen molar-refractivity contribution in [3.05, 3.63) is 59.3 Å². The van der Waals surface area contributed by atoms with Crippen molar-refractivity contribution in [2.24, 2.45) is 10.7 Å². The molecule has 0 aromatic heterocycles. The van der Waals surface area contributed by atoms with Gasteiger partial charge in [0, 0.05) is 37.0 Å². The van der Waals surface area contributed by atoms with Crippen LogP contribution in [0.3, 0.4) is 0 Å². The van der Waals surface area contributed by atoms with Gasteiger partial charge in [0.15, 0.2) is 0 Å². The number of aliphatic imine (C=N–C) groups is 1. The van der Waals surface area contributed by atoms with Gasteiger partial charge in [-0.05, 0) is 62.2 Å². The highest BCUT2D eigenvalue weighted by Gasteiger charge is 2.15. The Labute approximate surface area is 201 Å². The molecule has 8 nitrogen and oxygen atoms in total. The van der Waals surface area contributed by atoms with Crippen LogP contribution in [0.4, 0.5) is 11.4 Å². The second kappa shape index (κ2) is 12.8. The average Bonchev–Trinajstić information content (AvgIpc) is 2.86. The molecule has 0 radical (unpaired) electrons. The van der Waals surface area contributed by atoms with Gasteiger partial charge >= 0.3 is 0 Å². The van der Waals surface area contributed by atoms with Gasteiger partial charge in [-0.3, -0.25) is 9.69 Å². The van der Waals surface area contributed by atoms with E-state index in [1.54, 1.807) is 7.11 Å². The molecule has 0 atom stereocenters. The van der Waals surface area contributed by atoms with Crippen molar-refractivity contribution in [3.8, 4) is 11.5 Å². The molecule has 0 saturated carbocycles. The van der Waals surface area contributed by atoms with E-state index in [0.717, 1.165) is 61.8 Å². The third-order valence-corrected chi connectivity index (χ3v) is 5.71. The number of hydrogen-bond donors (Lipinski definition) is 2. The number of allylic oxidation sites excluding steroid dienone is 2. The van der Waals surface area contributed by atoms with Crippen LogP contribution >= 0.6 is 0 Å². The lowest BCUT2D eigenvalue weighted by Gasteiger charge is -2.26. The molecule has 1 fully saturated rings. The van der Waals surface area contributed by atoms with Crippen LogP contribution < -0.4 is 20.5 Å². The van der Waals surface area contributed by atoms with E-state index in [1.807, 2.05) is 56.3 Å². The Bertz CT molecular complexity index is 1010. The highest BCUT2D eigenvalue weighted by molar-refractivity contribution is 6.17. The molecular weight excluding hydrogens is 432 g/mol. The number of anilines is 1. The summed E-state index contributed by atoms with van der Waals surface area (Å²) in [7, 11) is 1.62. The Morgan fingerprint density at radius 3 is 2.50 bits per heavy atom. The summed E-state index contributed by atoms with van der Waals surface area (Å²) in [4.78, 5) is 18.6. The van der Waals surface area contributed by atoms with Crippen LogP contribution in [-0.2, 0) is 9.53 Å². The van der Waals surface area contributed by atoms with Gasteiger partial charge in [-0.1, -0.05) is 0 Å². The number of rotatable bonds is 11. The molecule has 34 heavy (non-hydrogen) atoms. The summed E-state index contributed by atoms with van der Waals surface area (Å²) >= 11 is 0. The molecule has 8 heteroatoms. The molecule has 1 amide bonds. The summed E-state index contributed by atoms with van der Waals surface area (Å²) in [5.74, 6) is 1.44. The van der Waals surface area contributed by atoms with Gasteiger partial charge in [-0.15, -0.1) is 0 Å². The smallest absolute Gasteiger partial charge is 0.211 e. The Kier molecular flexibility index (Phi) is 9.49. The maximum Gasteiger partial charge on any atom is 0.211 e. The first-order valence-corrected chi connectivity index (χ1v) is 11.5. The summed E-state index contributed by atoms with van der Waals surface area (Å²) in [5.41, 5.74) is 10.4. The van der Waals surface area contributed by atoms with Crippen LogP contribution in [0, 0.1) is 0 Å². The van der Waals surface area contributed by atoms with E-state index in [1.165, 1.54) is 0 Å². The summed E-state index contributed by atoms with van der Waals surface area (Å²) < 4.78 is 16.6. The van der Waals surface area contributed by atoms with Crippen LogP contribution in [0.15, 0.2) is 58.7 Å². The molecule has 0 bridgehead atoms. The van der Waals surface area contributed by atoms with Crippen molar-refractivity contribution >= 4 is 23.5 Å². The average molecular weight is 467 g/mol. The van der Waals surface area contributed by atoms with Crippen LogP contribution in [0.2, 0.25) is 0 Å². The van der Waals surface area contributed by atoms with Crippen LogP contribution in [0.5, 0.6) is 11.5 Å². The van der Waals surface area contributed by atoms with E-state index in [9.17, 15) is 4.79 Å². The SMILES string of the molecule is COc1ccc(N=C(/C(C)=C(\C)N)c2ccc(OCCCN3CCOCC3)cc2NC=O)cc1. The van der Waals surface area contributed by atoms with E-state index in [4.69, 9.17) is 24.9 Å². The van der Waals surface area contributed by atoms with Crippen molar-refractivity contribution in [1.29, 1.82) is 0 Å². The molecular formula is C26H34N4O4. The predicted molar refractivity (Wildman–Crippen MR) is 135 cm³/mol. The van der Waals surface area contributed by atoms with Crippen molar-refractivity contribution in [1.82, 2.24) is 4.90 Å². The number of morpholine rings is 1. The van der Waals surface area contributed by atoms with E-state index < -0.39 is 0 Å². The van der Waals surface area contributed by atoms with E-state index >= 15 is 0 Å². The number of nitrogens with two attached hydrogens (primary N) is 1. The lowest BCUT2D eigenvalue weighted by atomic mass is 9.99. The Hall–Kier alpha value is -3.36. The van der Waals surface area contributed by atoms with Crippen LogP contribution in [0.25, 0.3) is 0 Å². The number of nitrogens with one attached hydrogen (secondary N) is 1. The number of carbonyl (C=O) groups is 1. The quantitative estimate of drug-likeness (QED) is 0.297. The van der Waals surface area contributed by atoms with Gasteiger partial charge in [0.1, 0.15) is 11.5 Å². The number of hydrogen-bond acceptors (Lipinski definition) is 7. The van der Waals surface area contributed by atoms with Crippen molar-refractivity contribution in [2.45, 2.75) is 20.3 Å². The third kappa shape index (κ3) is 7.07. The van der Waals surface area contributed by atoms with Crippen molar-refractivity contribution in [2.75, 3.05) is 51.9 Å². The van der Waals surface area contributed by atoms with E-state index in [-0.39, 0.29) is 0 Å². The number of methoxy groups -OCH3 is 1. The highest BCUT2D eigenvalue weighted by atomic mass is 16.5. The number of carbonyl (C=O) groups excluding carboxylic acids is 1. The van der Waals surface area contributed by atoms with Gasteiger partial charge in [-0.25, -0.2) is 4.99 Å². The first kappa shape index (κ1) is 25.3. The Balaban J connectivity index is 1.81. The molecule has 1 saturated heterocycles. The molecule has 2 aromatic carbocycles. The lowest BCUT2D eigenvalue weighted by molar-refractivity contribution is -0.105. The molecule has 182 valence electrons. The van der Waals surface area contributed by atoms with E-state index in [2.05, 4.69) is 10.2 Å². The normalized spacial score (nSPS) is 15.4. The number of benzene rings is 2. The lowest BCUT2D eigenvalue weighted by Crippen LogP contribution is -2.37. The minimum atomic E-state index is 0.588. The second-order valence-electron chi connectivity index (χ2n) is 8.09. The topological polar surface area (TPSA) is 98.4 Å². The maximum absolute atomic E-state index is 11.4. The summed E-state index contributed by atoms with van der Waals surface area (Å²) in [6.07, 6.45) is 1.57. The van der Waals surface area contributed by atoms with Gasteiger partial charge in [0.05, 0.1) is 44.0 Å². The molecule has 0 unspecified atom stereocenters. The van der Waals surface area contributed by atoms with Crippen molar-refractivity contribution in [3.63, 3.8) is 0 Å². The summed E-state index contributed by atoms with van der Waals surface area (Å²) in [6.45, 7) is 8.82. The van der Waals surface area contributed by atoms with Crippen molar-refractivity contribution < 1.29 is 19.0 Å². The number of ether oxygens (including phenoxy) is 3. The molecule has 2 aromatic rings. The zero-order valence-corrected chi connectivity index (χ0v) is 20.2. The maximum atomic E-state index is 11.4. The predicted octanol–water partition coefficient (Wildman–Crippen LogP) is 3.74. The fourth-order valence-electron chi connectivity index (χ4n) is 3.62. The van der Waals surface area contributed by atoms with Gasteiger partial charge in [0.2, 0.25) is 6.41 Å². The van der Waals surface area contributed by atoms with Crippen LogP contribution in [-0.4, -0.2) is 63.6 Å². The molecule has 3 rings (SSSR count). The fraction of sp³-hybridized carbons (Fsp3) is 0.385. The molecule has 0 aliphatic carbocycles. The highest BCUT2D eigenvalue weighted by Crippen LogP contribution is 2.28. The minimum absolute atomic E-state index is 0.588. The van der Waals surface area contributed by atoms with Gasteiger partial charge in [-0.2, -0.15) is 0 Å². The molecule has 1 aliphatic heterocycles. The number of amides is 1. The first-order valence-electron chi connectivity index (χ1n) is 11.5. The summed E-state index contributed by atoms with van der Waals surface area (Å²) in [6, 6.07) is 13.1. The fourth-order valence-corrected chi connectivity index (χ4v) is 3.62. The largest absolute Gasteiger partial charge is 0.497 e. The number of nitrogens with zero attached hydrogens (tertiary/aromatic N) is 2. The summed E-state index contributed by atoms with van der Waals surface area (Å²) in [5, 5.41) is 2.79. The Morgan fingerprint density at radius 2 is 1.85 bits per heavy atom. The van der Waals surface area contributed by atoms with E-state index in [0.29, 0.717) is 35.9 Å². The third-order valence-electron chi connectivity index (χ3n) is 5.71. The first-order chi connectivity index (χ1) is 16.5. The second-order valence-corrected chi connectivity index (χ2v) is 8.09. The zero-order chi connectivity index (χ0) is 24.3. The minimum Gasteiger partial charge on any atom is -0.497 e. The molecule has 1 aliphatic rings.